The van der Waals surface area contributed by atoms with Gasteiger partial charge in [0, 0.05) is 13.1 Å². The van der Waals surface area contributed by atoms with Crippen LogP contribution in [-0.4, -0.2) is 41.7 Å². The summed E-state index contributed by atoms with van der Waals surface area (Å²) in [5.74, 6) is 0.462. The zero-order chi connectivity index (χ0) is 14.5. The highest BCUT2D eigenvalue weighted by Crippen LogP contribution is 2.18. The Balaban J connectivity index is 1.74. The van der Waals surface area contributed by atoms with Gasteiger partial charge in [0.15, 0.2) is 0 Å². The number of carbonyl (C=O) groups excluding carboxylic acids is 1. The Hall–Kier alpha value is -1.62. The number of β-amino-alcohol motifs (C(OH)–C–C–N with tert-alkyl or cyclic N) is 1. The first-order valence-electron chi connectivity index (χ1n) is 6.90. The van der Waals surface area contributed by atoms with Crippen molar-refractivity contribution in [1.29, 1.82) is 0 Å². The molecule has 2 unspecified atom stereocenters. The molecule has 1 fully saturated rings. The van der Waals surface area contributed by atoms with Crippen LogP contribution in [0.2, 0.25) is 0 Å². The predicted molar refractivity (Wildman–Crippen MR) is 72.9 cm³/mol. The van der Waals surface area contributed by atoms with Crippen LogP contribution in [0.3, 0.4) is 0 Å². The van der Waals surface area contributed by atoms with Gasteiger partial charge in [-0.2, -0.15) is 0 Å². The second-order valence-electron chi connectivity index (χ2n) is 5.23. The summed E-state index contributed by atoms with van der Waals surface area (Å²) in [5, 5.41) is 9.77. The summed E-state index contributed by atoms with van der Waals surface area (Å²) >= 11 is 0. The lowest BCUT2D eigenvalue weighted by atomic mass is 9.96. The Morgan fingerprint density at radius 1 is 1.45 bits per heavy atom. The van der Waals surface area contributed by atoms with Gasteiger partial charge in [0.05, 0.1) is 19.1 Å². The van der Waals surface area contributed by atoms with Crippen LogP contribution in [-0.2, 0) is 4.79 Å². The highest BCUT2D eigenvalue weighted by Gasteiger charge is 2.26. The SMILES string of the molecule is CC1CCN(C(=O)CCOc2ccc(F)cc2)CC1O. The third-order valence-corrected chi connectivity index (χ3v) is 3.67. The summed E-state index contributed by atoms with van der Waals surface area (Å²) < 4.78 is 18.1. The van der Waals surface area contributed by atoms with Crippen molar-refractivity contribution in [3.8, 4) is 5.75 Å². The van der Waals surface area contributed by atoms with Crippen LogP contribution in [0, 0.1) is 11.7 Å². The van der Waals surface area contributed by atoms with Crippen LogP contribution in [0.1, 0.15) is 19.8 Å². The first-order chi connectivity index (χ1) is 9.56. The van der Waals surface area contributed by atoms with Crippen molar-refractivity contribution in [2.24, 2.45) is 5.92 Å². The van der Waals surface area contributed by atoms with Crippen LogP contribution >= 0.6 is 0 Å². The predicted octanol–water partition coefficient (Wildman–Crippen LogP) is 1.82. The number of aliphatic hydroxyl groups is 1. The molecule has 0 aromatic heterocycles. The smallest absolute Gasteiger partial charge is 0.226 e. The van der Waals surface area contributed by atoms with Gasteiger partial charge in [-0.15, -0.1) is 0 Å². The van der Waals surface area contributed by atoms with Gasteiger partial charge in [-0.25, -0.2) is 4.39 Å². The Labute approximate surface area is 118 Å². The number of hydrogen-bond acceptors (Lipinski definition) is 3. The number of likely N-dealkylation sites (tertiary alicyclic amines) is 1. The first kappa shape index (κ1) is 14.8. The molecule has 2 rings (SSSR count). The van der Waals surface area contributed by atoms with Gasteiger partial charge in [0.2, 0.25) is 5.91 Å². The summed E-state index contributed by atoms with van der Waals surface area (Å²) in [6, 6.07) is 5.71. The minimum absolute atomic E-state index is 0.0157. The molecule has 0 saturated carbocycles. The monoisotopic (exact) mass is 281 g/mol. The number of ether oxygens (including phenoxy) is 1. The minimum atomic E-state index is -0.439. The molecule has 2 atom stereocenters. The van der Waals surface area contributed by atoms with E-state index in [1.807, 2.05) is 6.92 Å². The van der Waals surface area contributed by atoms with E-state index in [-0.39, 0.29) is 30.7 Å². The lowest BCUT2D eigenvalue weighted by Gasteiger charge is -2.34. The standard InChI is InChI=1S/C15H20FNO3/c1-11-6-8-17(10-14(11)18)15(19)7-9-20-13-4-2-12(16)3-5-13/h2-5,11,14,18H,6-10H2,1H3. The maximum absolute atomic E-state index is 12.7. The lowest BCUT2D eigenvalue weighted by molar-refractivity contribution is -0.135. The molecule has 4 nitrogen and oxygen atoms in total. The second kappa shape index (κ2) is 6.70. The number of piperidine rings is 1. The Morgan fingerprint density at radius 2 is 2.15 bits per heavy atom. The molecule has 0 radical (unpaired) electrons. The van der Waals surface area contributed by atoms with E-state index in [2.05, 4.69) is 0 Å². The molecule has 1 aromatic rings. The van der Waals surface area contributed by atoms with Crippen molar-refractivity contribution in [1.82, 2.24) is 4.90 Å². The molecule has 0 bridgehead atoms. The normalized spacial score (nSPS) is 22.6. The second-order valence-corrected chi connectivity index (χ2v) is 5.23. The van der Waals surface area contributed by atoms with E-state index in [0.29, 0.717) is 18.8 Å². The van der Waals surface area contributed by atoms with Gasteiger partial charge in [-0.05, 0) is 36.6 Å². The first-order valence-corrected chi connectivity index (χ1v) is 6.90. The van der Waals surface area contributed by atoms with E-state index < -0.39 is 6.10 Å². The van der Waals surface area contributed by atoms with E-state index in [0.717, 1.165) is 6.42 Å². The van der Waals surface area contributed by atoms with E-state index in [1.165, 1.54) is 24.3 Å². The van der Waals surface area contributed by atoms with E-state index >= 15 is 0 Å². The quantitative estimate of drug-likeness (QED) is 0.916. The van der Waals surface area contributed by atoms with Gasteiger partial charge in [-0.3, -0.25) is 4.79 Å². The number of carbonyl (C=O) groups is 1. The van der Waals surface area contributed by atoms with Crippen LogP contribution in [0.5, 0.6) is 5.75 Å². The number of rotatable bonds is 4. The fourth-order valence-corrected chi connectivity index (χ4v) is 2.22. The van der Waals surface area contributed by atoms with Gasteiger partial charge in [0.1, 0.15) is 11.6 Å². The molecular weight excluding hydrogens is 261 g/mol. The fourth-order valence-electron chi connectivity index (χ4n) is 2.22. The highest BCUT2D eigenvalue weighted by molar-refractivity contribution is 5.76. The van der Waals surface area contributed by atoms with Gasteiger partial charge >= 0.3 is 0 Å². The summed E-state index contributed by atoms with van der Waals surface area (Å²) in [4.78, 5) is 13.6. The molecule has 1 saturated heterocycles. The average molecular weight is 281 g/mol. The van der Waals surface area contributed by atoms with E-state index in [9.17, 15) is 14.3 Å². The summed E-state index contributed by atoms with van der Waals surface area (Å²) in [6.07, 6.45) is 0.648. The molecule has 110 valence electrons. The third-order valence-electron chi connectivity index (χ3n) is 3.67. The molecule has 0 aliphatic carbocycles. The maximum atomic E-state index is 12.7. The molecule has 5 heteroatoms. The molecule has 0 spiro atoms. The van der Waals surface area contributed by atoms with Crippen molar-refractivity contribution in [2.45, 2.75) is 25.9 Å². The van der Waals surface area contributed by atoms with Crippen LogP contribution in [0.15, 0.2) is 24.3 Å². The fraction of sp³-hybridized carbons (Fsp3) is 0.533. The van der Waals surface area contributed by atoms with Crippen LogP contribution in [0.25, 0.3) is 0 Å². The molecule has 1 amide bonds. The minimum Gasteiger partial charge on any atom is -0.493 e. The third kappa shape index (κ3) is 3.93. The summed E-state index contributed by atoms with van der Waals surface area (Å²) in [5.41, 5.74) is 0. The average Bonchev–Trinajstić information content (AvgIpc) is 2.44. The number of nitrogens with zero attached hydrogens (tertiary/aromatic N) is 1. The number of benzene rings is 1. The maximum Gasteiger partial charge on any atom is 0.226 e. The molecule has 1 aromatic carbocycles. The van der Waals surface area contributed by atoms with Crippen molar-refractivity contribution >= 4 is 5.91 Å². The van der Waals surface area contributed by atoms with Gasteiger partial charge < -0.3 is 14.7 Å². The number of halogens is 1. The number of hydrogen-bond donors (Lipinski definition) is 1. The largest absolute Gasteiger partial charge is 0.493 e. The van der Waals surface area contributed by atoms with Crippen LogP contribution < -0.4 is 4.74 Å². The van der Waals surface area contributed by atoms with Crippen LogP contribution in [0.4, 0.5) is 4.39 Å². The summed E-state index contributed by atoms with van der Waals surface area (Å²) in [7, 11) is 0. The molecule has 1 N–H and O–H groups in total. The zero-order valence-electron chi connectivity index (χ0n) is 11.6. The van der Waals surface area contributed by atoms with Crippen molar-refractivity contribution in [3.63, 3.8) is 0 Å². The Morgan fingerprint density at radius 3 is 2.80 bits per heavy atom. The lowest BCUT2D eigenvalue weighted by Crippen LogP contribution is -2.46. The van der Waals surface area contributed by atoms with Crippen molar-refractivity contribution in [3.05, 3.63) is 30.1 Å². The number of amides is 1. The molecule has 1 aliphatic rings. The number of aliphatic hydroxyl groups excluding tert-OH is 1. The molecule has 1 aliphatic heterocycles. The Kier molecular flexibility index (Phi) is 4.95. The van der Waals surface area contributed by atoms with E-state index in [1.54, 1.807) is 4.90 Å². The van der Waals surface area contributed by atoms with Gasteiger partial charge in [0.25, 0.3) is 0 Å². The van der Waals surface area contributed by atoms with Crippen molar-refractivity contribution < 1.29 is 19.0 Å². The van der Waals surface area contributed by atoms with Crippen molar-refractivity contribution in [2.75, 3.05) is 19.7 Å². The molecule has 1 heterocycles. The molecular formula is C15H20FNO3. The van der Waals surface area contributed by atoms with Gasteiger partial charge in [-0.1, -0.05) is 6.92 Å². The van der Waals surface area contributed by atoms with E-state index in [4.69, 9.17) is 4.74 Å². The Bertz CT molecular complexity index is 449. The highest BCUT2D eigenvalue weighted by atomic mass is 19.1. The molecule has 20 heavy (non-hydrogen) atoms. The topological polar surface area (TPSA) is 49.8 Å². The zero-order valence-corrected chi connectivity index (χ0v) is 11.6. The summed E-state index contributed by atoms with van der Waals surface area (Å²) in [6.45, 7) is 3.33.